The van der Waals surface area contributed by atoms with Crippen molar-refractivity contribution in [1.29, 1.82) is 5.53 Å². The van der Waals surface area contributed by atoms with E-state index in [9.17, 15) is 0 Å². The van der Waals surface area contributed by atoms with E-state index in [1.54, 1.807) is 0 Å². The standard InChI is InChI=1S/C9H13AsN2O/c1-8-2-4-9(5-3-8)6-10-7-13-12-11/h2-5,10-11H,6-7H2,1H3. The molecule has 0 amide bonds. The molecule has 3 nitrogen and oxygen atoms in total. The number of nitrogens with one attached hydrogen (secondary N) is 1. The van der Waals surface area contributed by atoms with Crippen LogP contribution in [0.2, 0.25) is 0 Å². The van der Waals surface area contributed by atoms with Crippen LogP contribution in [-0.4, -0.2) is 21.1 Å². The van der Waals surface area contributed by atoms with Gasteiger partial charge in [-0.05, 0) is 0 Å². The van der Waals surface area contributed by atoms with Crippen LogP contribution >= 0.6 is 0 Å². The zero-order chi connectivity index (χ0) is 9.52. The van der Waals surface area contributed by atoms with Gasteiger partial charge < -0.3 is 0 Å². The van der Waals surface area contributed by atoms with Crippen molar-refractivity contribution in [2.45, 2.75) is 12.1 Å². The van der Waals surface area contributed by atoms with Crippen LogP contribution in [0.4, 0.5) is 0 Å². The fourth-order valence-corrected chi connectivity index (χ4v) is 2.62. The van der Waals surface area contributed by atoms with E-state index in [0.717, 1.165) is 5.21 Å². The Hall–Kier alpha value is -0.822. The molecule has 4 heteroatoms. The molecule has 0 saturated carbocycles. The molecular weight excluding hydrogens is 227 g/mol. The summed E-state index contributed by atoms with van der Waals surface area (Å²) in [5.41, 5.74) is 9.09. The third kappa shape index (κ3) is 4.09. The zero-order valence-electron chi connectivity index (χ0n) is 7.58. The number of hydrogen-bond donors (Lipinski definition) is 1. The Bertz CT molecular complexity index is 261. The Labute approximate surface area is 84.6 Å². The Morgan fingerprint density at radius 2 is 2.08 bits per heavy atom. The van der Waals surface area contributed by atoms with Gasteiger partial charge in [-0.1, -0.05) is 0 Å². The summed E-state index contributed by atoms with van der Waals surface area (Å²) in [5, 5.41) is 4.62. The van der Waals surface area contributed by atoms with Crippen molar-refractivity contribution < 1.29 is 4.84 Å². The van der Waals surface area contributed by atoms with Crippen LogP contribution in [0.3, 0.4) is 0 Å². The number of hydrogen-bond acceptors (Lipinski definition) is 3. The minimum absolute atomic E-state index is 0.131. The monoisotopic (exact) mass is 240 g/mol. The zero-order valence-corrected chi connectivity index (χ0v) is 9.68. The maximum absolute atomic E-state index is 6.44. The first-order valence-electron chi connectivity index (χ1n) is 4.08. The summed E-state index contributed by atoms with van der Waals surface area (Å²) in [4.78, 5) is 4.63. The van der Waals surface area contributed by atoms with Crippen LogP contribution in [0.25, 0.3) is 0 Å². The van der Waals surface area contributed by atoms with Gasteiger partial charge in [0.25, 0.3) is 0 Å². The van der Waals surface area contributed by atoms with Gasteiger partial charge in [0.15, 0.2) is 0 Å². The molecule has 1 aromatic rings. The number of benzene rings is 1. The molecule has 0 aliphatic carbocycles. The van der Waals surface area contributed by atoms with Gasteiger partial charge in [0.1, 0.15) is 0 Å². The summed E-state index contributed by atoms with van der Waals surface area (Å²) >= 11 is -0.131. The average molecular weight is 240 g/mol. The van der Waals surface area contributed by atoms with Gasteiger partial charge in [0.05, 0.1) is 0 Å². The van der Waals surface area contributed by atoms with Gasteiger partial charge in [-0.3, -0.25) is 0 Å². The van der Waals surface area contributed by atoms with Crippen LogP contribution in [0.1, 0.15) is 11.1 Å². The van der Waals surface area contributed by atoms with E-state index in [1.165, 1.54) is 11.1 Å². The second-order valence-corrected chi connectivity index (χ2v) is 5.17. The predicted molar refractivity (Wildman–Crippen MR) is 53.1 cm³/mol. The molecule has 0 radical (unpaired) electrons. The van der Waals surface area contributed by atoms with Crippen LogP contribution < -0.4 is 0 Å². The molecule has 1 aromatic carbocycles. The van der Waals surface area contributed by atoms with Gasteiger partial charge in [-0.2, -0.15) is 0 Å². The van der Waals surface area contributed by atoms with Gasteiger partial charge in [-0.25, -0.2) is 0 Å². The van der Waals surface area contributed by atoms with E-state index in [0.29, 0.717) is 5.39 Å². The van der Waals surface area contributed by atoms with Crippen LogP contribution in [0.15, 0.2) is 29.5 Å². The predicted octanol–water partition coefficient (Wildman–Crippen LogP) is 1.85. The van der Waals surface area contributed by atoms with Gasteiger partial charge >= 0.3 is 84.3 Å². The molecule has 0 bridgehead atoms. The molecule has 13 heavy (non-hydrogen) atoms. The molecule has 0 heterocycles. The Balaban J connectivity index is 2.28. The van der Waals surface area contributed by atoms with Gasteiger partial charge in [0.2, 0.25) is 0 Å². The summed E-state index contributed by atoms with van der Waals surface area (Å²) in [7, 11) is 0. The first-order chi connectivity index (χ1) is 6.33. The Morgan fingerprint density at radius 1 is 1.38 bits per heavy atom. The van der Waals surface area contributed by atoms with Crippen LogP contribution in [0, 0.1) is 12.5 Å². The first-order valence-corrected chi connectivity index (χ1v) is 7.04. The van der Waals surface area contributed by atoms with Gasteiger partial charge in [0, 0.05) is 0 Å². The fraction of sp³-hybridized carbons (Fsp3) is 0.333. The molecule has 1 atom stereocenters. The van der Waals surface area contributed by atoms with Crippen molar-refractivity contribution in [3.05, 3.63) is 35.4 Å². The fourth-order valence-electron chi connectivity index (χ4n) is 0.979. The molecule has 0 aliphatic heterocycles. The third-order valence-corrected chi connectivity index (χ3v) is 3.76. The minimum atomic E-state index is -0.131. The molecule has 0 fully saturated rings. The second-order valence-electron chi connectivity index (χ2n) is 2.78. The van der Waals surface area contributed by atoms with Crippen molar-refractivity contribution in [2.24, 2.45) is 5.28 Å². The molecule has 1 N–H and O–H groups in total. The van der Waals surface area contributed by atoms with Crippen LogP contribution in [-0.2, 0) is 10.0 Å². The normalized spacial score (nSPS) is 10.5. The first kappa shape index (κ1) is 10.3. The van der Waals surface area contributed by atoms with Crippen molar-refractivity contribution in [3.8, 4) is 0 Å². The van der Waals surface area contributed by atoms with E-state index in [4.69, 9.17) is 5.53 Å². The summed E-state index contributed by atoms with van der Waals surface area (Å²) in [5.74, 6) is 0. The van der Waals surface area contributed by atoms with E-state index >= 15 is 0 Å². The number of nitrogens with zero attached hydrogens (tertiary/aromatic N) is 1. The van der Waals surface area contributed by atoms with E-state index in [1.807, 2.05) is 0 Å². The third-order valence-electron chi connectivity index (χ3n) is 1.68. The molecule has 0 aromatic heterocycles. The van der Waals surface area contributed by atoms with E-state index in [2.05, 4.69) is 41.3 Å². The maximum atomic E-state index is 6.44. The molecular formula is C9H13AsN2O. The van der Waals surface area contributed by atoms with E-state index < -0.39 is 0 Å². The Morgan fingerprint density at radius 3 is 2.69 bits per heavy atom. The molecule has 0 saturated heterocycles. The molecule has 0 aliphatic rings. The Kier molecular flexibility index (Phi) is 4.55. The van der Waals surface area contributed by atoms with Crippen LogP contribution in [0.5, 0.6) is 0 Å². The van der Waals surface area contributed by atoms with Gasteiger partial charge in [-0.15, -0.1) is 0 Å². The quantitative estimate of drug-likeness (QED) is 0.363. The molecule has 0 spiro atoms. The number of rotatable bonds is 5. The summed E-state index contributed by atoms with van der Waals surface area (Å²) in [6.07, 6.45) is 0. The average Bonchev–Trinajstić information content (AvgIpc) is 2.15. The second kappa shape index (κ2) is 5.76. The topological polar surface area (TPSA) is 45.4 Å². The van der Waals surface area contributed by atoms with Crippen molar-refractivity contribution in [1.82, 2.24) is 0 Å². The molecule has 1 rings (SSSR count). The summed E-state index contributed by atoms with van der Waals surface area (Å²) in [6.45, 7) is 2.09. The molecule has 70 valence electrons. The van der Waals surface area contributed by atoms with Crippen molar-refractivity contribution >= 4 is 15.8 Å². The van der Waals surface area contributed by atoms with E-state index in [-0.39, 0.29) is 15.8 Å². The number of aryl methyl sites for hydroxylation is 1. The molecule has 1 unspecified atom stereocenters. The summed E-state index contributed by atoms with van der Waals surface area (Å²) < 4.78 is 0. The summed E-state index contributed by atoms with van der Waals surface area (Å²) in [6, 6.07) is 8.54. The SMILES string of the molecule is Cc1ccc(C[AsH]CON=N)cc1. The van der Waals surface area contributed by atoms with Crippen molar-refractivity contribution in [3.63, 3.8) is 0 Å². The van der Waals surface area contributed by atoms with Crippen molar-refractivity contribution in [2.75, 3.05) is 5.39 Å².